The van der Waals surface area contributed by atoms with Crippen LogP contribution in [-0.4, -0.2) is 22.5 Å². The Morgan fingerprint density at radius 2 is 2.15 bits per heavy atom. The molecule has 0 aliphatic carbocycles. The molecule has 0 amide bonds. The molecule has 104 valence electrons. The van der Waals surface area contributed by atoms with E-state index in [-0.39, 0.29) is 0 Å². The highest BCUT2D eigenvalue weighted by atomic mass is 79.9. The van der Waals surface area contributed by atoms with Gasteiger partial charge in [0, 0.05) is 18.0 Å². The van der Waals surface area contributed by atoms with E-state index in [1.54, 1.807) is 11.3 Å². The topological polar surface area (TPSA) is 40.5 Å². The van der Waals surface area contributed by atoms with Gasteiger partial charge in [-0.1, -0.05) is 24.3 Å². The zero-order chi connectivity index (χ0) is 14.1. The summed E-state index contributed by atoms with van der Waals surface area (Å²) in [6.07, 6.45) is 0.909. The molecule has 5 heteroatoms. The van der Waals surface area contributed by atoms with Crippen molar-refractivity contribution in [2.75, 3.05) is 6.54 Å². The third kappa shape index (κ3) is 2.66. The third-order valence-electron chi connectivity index (χ3n) is 3.60. The van der Waals surface area contributed by atoms with E-state index in [2.05, 4.69) is 15.9 Å². The van der Waals surface area contributed by atoms with Gasteiger partial charge in [0.05, 0.1) is 3.79 Å². The minimum absolute atomic E-state index is 0.541. The van der Waals surface area contributed by atoms with Gasteiger partial charge in [0.1, 0.15) is 6.04 Å². The summed E-state index contributed by atoms with van der Waals surface area (Å²) < 4.78 is 1.08. The van der Waals surface area contributed by atoms with E-state index < -0.39 is 12.0 Å². The van der Waals surface area contributed by atoms with Crippen LogP contribution in [0.25, 0.3) is 0 Å². The van der Waals surface area contributed by atoms with Crippen molar-refractivity contribution < 1.29 is 9.90 Å². The second kappa shape index (κ2) is 5.68. The first kappa shape index (κ1) is 13.8. The van der Waals surface area contributed by atoms with E-state index in [9.17, 15) is 9.90 Å². The Labute approximate surface area is 130 Å². The summed E-state index contributed by atoms with van der Waals surface area (Å²) in [5, 5.41) is 9.59. The quantitative estimate of drug-likeness (QED) is 0.916. The number of fused-ring (bicyclic) bond motifs is 1. The molecule has 0 bridgehead atoms. The Kier molecular flexibility index (Phi) is 3.92. The Morgan fingerprint density at radius 3 is 2.85 bits per heavy atom. The fraction of sp³-hybridized carbons (Fsp3) is 0.267. The Hall–Kier alpha value is -1.17. The molecule has 0 fully saturated rings. The van der Waals surface area contributed by atoms with Gasteiger partial charge in [-0.15, -0.1) is 11.3 Å². The summed E-state index contributed by atoms with van der Waals surface area (Å²) in [6, 6.07) is 11.4. The number of carboxylic acids is 1. The number of carboxylic acid groups (broad SMARTS) is 1. The maximum absolute atomic E-state index is 11.7. The van der Waals surface area contributed by atoms with Crippen LogP contribution in [-0.2, 0) is 17.8 Å². The van der Waals surface area contributed by atoms with Crippen molar-refractivity contribution in [1.29, 1.82) is 0 Å². The average Bonchev–Trinajstić information content (AvgIpc) is 2.83. The normalized spacial score (nSPS) is 18.8. The number of aliphatic carboxylic acids is 1. The second-order valence-corrected chi connectivity index (χ2v) is 7.41. The van der Waals surface area contributed by atoms with Gasteiger partial charge in [0.2, 0.25) is 0 Å². The van der Waals surface area contributed by atoms with Gasteiger partial charge in [-0.2, -0.15) is 0 Å². The highest BCUT2D eigenvalue weighted by Crippen LogP contribution is 2.32. The molecule has 0 saturated heterocycles. The molecule has 1 aliphatic heterocycles. The summed E-state index contributed by atoms with van der Waals surface area (Å²) in [4.78, 5) is 14.9. The molecular formula is C15H14BrNO2S. The van der Waals surface area contributed by atoms with Gasteiger partial charge in [0.15, 0.2) is 0 Å². The van der Waals surface area contributed by atoms with Crippen LogP contribution in [0.2, 0.25) is 0 Å². The van der Waals surface area contributed by atoms with Crippen molar-refractivity contribution in [2.45, 2.75) is 19.0 Å². The van der Waals surface area contributed by atoms with Crippen LogP contribution in [0.1, 0.15) is 22.0 Å². The number of nitrogens with zero attached hydrogens (tertiary/aromatic N) is 1. The highest BCUT2D eigenvalue weighted by molar-refractivity contribution is 9.11. The summed E-state index contributed by atoms with van der Waals surface area (Å²) in [5.41, 5.74) is 2.09. The molecule has 1 unspecified atom stereocenters. The summed E-state index contributed by atoms with van der Waals surface area (Å²) in [5.74, 6) is -0.771. The maximum Gasteiger partial charge on any atom is 0.325 e. The second-order valence-electron chi connectivity index (χ2n) is 4.87. The number of rotatable bonds is 3. The lowest BCUT2D eigenvalue weighted by Crippen LogP contribution is -2.39. The zero-order valence-electron chi connectivity index (χ0n) is 10.8. The van der Waals surface area contributed by atoms with Crippen LogP contribution >= 0.6 is 27.3 Å². The first-order valence-electron chi connectivity index (χ1n) is 6.44. The smallest absolute Gasteiger partial charge is 0.325 e. The largest absolute Gasteiger partial charge is 0.480 e. The summed E-state index contributed by atoms with van der Waals surface area (Å²) in [7, 11) is 0. The van der Waals surface area contributed by atoms with Crippen molar-refractivity contribution in [2.24, 2.45) is 0 Å². The van der Waals surface area contributed by atoms with Crippen LogP contribution < -0.4 is 0 Å². The number of hydrogen-bond acceptors (Lipinski definition) is 3. The van der Waals surface area contributed by atoms with E-state index in [0.29, 0.717) is 6.54 Å². The molecule has 1 aromatic carbocycles. The van der Waals surface area contributed by atoms with Gasteiger partial charge < -0.3 is 5.11 Å². The predicted octanol–water partition coefficient (Wildman–Crippen LogP) is 3.69. The molecule has 1 aromatic heterocycles. The maximum atomic E-state index is 11.7. The minimum Gasteiger partial charge on any atom is -0.480 e. The highest BCUT2D eigenvalue weighted by Gasteiger charge is 2.32. The van der Waals surface area contributed by atoms with E-state index in [1.165, 1.54) is 4.88 Å². The van der Waals surface area contributed by atoms with Crippen molar-refractivity contribution in [1.82, 2.24) is 4.90 Å². The van der Waals surface area contributed by atoms with E-state index in [0.717, 1.165) is 27.9 Å². The van der Waals surface area contributed by atoms with Crippen LogP contribution in [0.3, 0.4) is 0 Å². The Morgan fingerprint density at radius 1 is 1.35 bits per heavy atom. The van der Waals surface area contributed by atoms with Gasteiger partial charge >= 0.3 is 5.97 Å². The Bertz CT molecular complexity index is 640. The Balaban J connectivity index is 1.90. The van der Waals surface area contributed by atoms with E-state index in [1.807, 2.05) is 41.3 Å². The van der Waals surface area contributed by atoms with Crippen molar-refractivity contribution >= 4 is 33.2 Å². The molecule has 2 aromatic rings. The molecule has 0 spiro atoms. The van der Waals surface area contributed by atoms with E-state index in [4.69, 9.17) is 0 Å². The van der Waals surface area contributed by atoms with Gasteiger partial charge in [-0.25, -0.2) is 0 Å². The number of thiophene rings is 1. The molecule has 1 aliphatic rings. The number of hydrogen-bond donors (Lipinski definition) is 1. The van der Waals surface area contributed by atoms with Gasteiger partial charge in [-0.3, -0.25) is 9.69 Å². The van der Waals surface area contributed by atoms with Crippen LogP contribution in [0.15, 0.2) is 40.2 Å². The van der Waals surface area contributed by atoms with Crippen molar-refractivity contribution in [3.05, 3.63) is 56.2 Å². The van der Waals surface area contributed by atoms with E-state index >= 15 is 0 Å². The number of halogens is 1. The minimum atomic E-state index is -0.771. The monoisotopic (exact) mass is 351 g/mol. The number of benzene rings is 1. The molecule has 0 radical (unpaired) electrons. The lowest BCUT2D eigenvalue weighted by atomic mass is 9.92. The SMILES string of the molecule is O=C(O)C1c2ccccc2CCN1Cc1ccc(Br)s1. The zero-order valence-corrected chi connectivity index (χ0v) is 13.2. The van der Waals surface area contributed by atoms with Gasteiger partial charge in [0.25, 0.3) is 0 Å². The van der Waals surface area contributed by atoms with Gasteiger partial charge in [-0.05, 0) is 45.6 Å². The molecule has 1 N–H and O–H groups in total. The van der Waals surface area contributed by atoms with Crippen LogP contribution in [0.5, 0.6) is 0 Å². The third-order valence-corrected chi connectivity index (χ3v) is 5.21. The molecule has 20 heavy (non-hydrogen) atoms. The predicted molar refractivity (Wildman–Crippen MR) is 83.0 cm³/mol. The first-order valence-corrected chi connectivity index (χ1v) is 8.05. The molecule has 3 nitrogen and oxygen atoms in total. The average molecular weight is 352 g/mol. The number of carbonyl (C=O) groups is 1. The molecular weight excluding hydrogens is 338 g/mol. The molecule has 2 heterocycles. The lowest BCUT2D eigenvalue weighted by Gasteiger charge is -2.34. The van der Waals surface area contributed by atoms with Crippen LogP contribution in [0, 0.1) is 0 Å². The van der Waals surface area contributed by atoms with Crippen molar-refractivity contribution in [3.8, 4) is 0 Å². The first-order chi connectivity index (χ1) is 9.65. The fourth-order valence-electron chi connectivity index (χ4n) is 2.71. The molecule has 1 atom stereocenters. The molecule has 3 rings (SSSR count). The van der Waals surface area contributed by atoms with Crippen LogP contribution in [0.4, 0.5) is 0 Å². The summed E-state index contributed by atoms with van der Waals surface area (Å²) >= 11 is 5.11. The fourth-order valence-corrected chi connectivity index (χ4v) is 4.22. The summed E-state index contributed by atoms with van der Waals surface area (Å²) in [6.45, 7) is 1.46. The standard InChI is InChI=1S/C15H14BrNO2S/c16-13-6-5-11(20-13)9-17-8-7-10-3-1-2-4-12(10)14(17)15(18)19/h1-6,14H,7-9H2,(H,18,19). The lowest BCUT2D eigenvalue weighted by molar-refractivity contribution is -0.144. The van der Waals surface area contributed by atoms with Crippen molar-refractivity contribution in [3.63, 3.8) is 0 Å². The molecule has 0 saturated carbocycles.